The van der Waals surface area contributed by atoms with E-state index in [1.807, 2.05) is 41.5 Å². The Hall–Kier alpha value is -0.120. The maximum atomic E-state index is 5.95. The van der Waals surface area contributed by atoms with Crippen molar-refractivity contribution < 1.29 is 14.2 Å². The van der Waals surface area contributed by atoms with Gasteiger partial charge in [-0.3, -0.25) is 0 Å². The molecule has 0 bridgehead atoms. The van der Waals surface area contributed by atoms with Gasteiger partial charge in [-0.15, -0.1) is 0 Å². The summed E-state index contributed by atoms with van der Waals surface area (Å²) in [6.45, 7) is 15.8. The Morgan fingerprint density at radius 2 is 1.09 bits per heavy atom. The molecule has 0 radical (unpaired) electrons. The molecule has 23 heavy (non-hydrogen) atoms. The zero-order valence-electron chi connectivity index (χ0n) is 16.9. The normalized spacial score (nSPS) is 13.0. The molecule has 0 saturated carbocycles. The maximum Gasteiger partial charge on any atom is 0.182 e. The van der Waals surface area contributed by atoms with E-state index in [0.29, 0.717) is 6.61 Å². The van der Waals surface area contributed by atoms with Crippen molar-refractivity contribution >= 4 is 0 Å². The van der Waals surface area contributed by atoms with Gasteiger partial charge in [-0.2, -0.15) is 0 Å². The number of hydrogen-bond donors (Lipinski definition) is 0. The molecular formula is C20H42O3. The molecule has 0 aromatic rings. The fourth-order valence-electron chi connectivity index (χ4n) is 2.40. The minimum atomic E-state index is -0.302. The van der Waals surface area contributed by atoms with Crippen LogP contribution in [0.3, 0.4) is 0 Å². The molecule has 3 nitrogen and oxygen atoms in total. The largest absolute Gasteiger partial charge is 0.376 e. The summed E-state index contributed by atoms with van der Waals surface area (Å²) in [5.74, 6) is 0. The molecule has 0 N–H and O–H groups in total. The molecule has 0 fully saturated rings. The van der Waals surface area contributed by atoms with Crippen LogP contribution >= 0.6 is 0 Å². The highest BCUT2D eigenvalue weighted by atomic mass is 16.7. The first kappa shape index (κ1) is 22.9. The van der Waals surface area contributed by atoms with Gasteiger partial charge in [0.05, 0.1) is 17.8 Å². The van der Waals surface area contributed by atoms with E-state index in [1.165, 1.54) is 44.9 Å². The zero-order chi connectivity index (χ0) is 17.8. The van der Waals surface area contributed by atoms with E-state index >= 15 is 0 Å². The van der Waals surface area contributed by atoms with Crippen LogP contribution in [-0.2, 0) is 14.2 Å². The summed E-state index contributed by atoms with van der Waals surface area (Å²) < 4.78 is 17.7. The summed E-state index contributed by atoms with van der Waals surface area (Å²) in [4.78, 5) is 0. The van der Waals surface area contributed by atoms with Crippen molar-refractivity contribution in [3.63, 3.8) is 0 Å². The third kappa shape index (κ3) is 18.1. The van der Waals surface area contributed by atoms with Gasteiger partial charge in [0.25, 0.3) is 0 Å². The summed E-state index contributed by atoms with van der Waals surface area (Å²) in [7, 11) is 0. The summed E-state index contributed by atoms with van der Waals surface area (Å²) in [5.41, 5.74) is -0.449. The van der Waals surface area contributed by atoms with E-state index in [2.05, 4.69) is 6.92 Å². The summed E-state index contributed by atoms with van der Waals surface area (Å²) >= 11 is 0. The molecule has 3 heteroatoms. The van der Waals surface area contributed by atoms with Crippen molar-refractivity contribution in [2.75, 3.05) is 13.2 Å². The molecule has 0 aliphatic heterocycles. The quantitative estimate of drug-likeness (QED) is 0.301. The van der Waals surface area contributed by atoms with Crippen LogP contribution in [0.4, 0.5) is 0 Å². The van der Waals surface area contributed by atoms with Crippen molar-refractivity contribution in [2.45, 2.75) is 117 Å². The van der Waals surface area contributed by atoms with Gasteiger partial charge in [0.2, 0.25) is 0 Å². The van der Waals surface area contributed by atoms with E-state index in [0.717, 1.165) is 13.0 Å². The predicted octanol–water partition coefficient (Wildman–Crippen LogP) is 6.10. The van der Waals surface area contributed by atoms with Crippen LogP contribution in [0.5, 0.6) is 0 Å². The van der Waals surface area contributed by atoms with Crippen LogP contribution in [0.2, 0.25) is 0 Å². The molecule has 0 unspecified atom stereocenters. The minimum absolute atomic E-state index is 0.224. The lowest BCUT2D eigenvalue weighted by Crippen LogP contribution is -2.38. The Balaban J connectivity index is 3.74. The highest BCUT2D eigenvalue weighted by Gasteiger charge is 2.24. The summed E-state index contributed by atoms with van der Waals surface area (Å²) in [5, 5.41) is 0. The molecule has 0 aromatic carbocycles. The van der Waals surface area contributed by atoms with E-state index in [1.54, 1.807) is 0 Å². The standard InChI is InChI=1S/C20H42O3/c1-8-9-10-11-12-13-14-15-16-21-17-18(22-19(2,3)4)23-20(5,6)7/h18H,8-17H2,1-7H3. The van der Waals surface area contributed by atoms with Gasteiger partial charge in [0.15, 0.2) is 6.29 Å². The molecule has 0 spiro atoms. The second kappa shape index (κ2) is 12.3. The Morgan fingerprint density at radius 3 is 1.52 bits per heavy atom. The van der Waals surface area contributed by atoms with Crippen LogP contribution in [-0.4, -0.2) is 30.7 Å². The summed E-state index contributed by atoms with van der Waals surface area (Å²) in [6.07, 6.45) is 10.3. The Kier molecular flexibility index (Phi) is 12.2. The van der Waals surface area contributed by atoms with Crippen LogP contribution < -0.4 is 0 Å². The van der Waals surface area contributed by atoms with Crippen molar-refractivity contribution in [3.8, 4) is 0 Å². The fourth-order valence-corrected chi connectivity index (χ4v) is 2.40. The van der Waals surface area contributed by atoms with Crippen LogP contribution in [0, 0.1) is 0 Å². The van der Waals surface area contributed by atoms with Gasteiger partial charge in [-0.05, 0) is 48.0 Å². The lowest BCUT2D eigenvalue weighted by molar-refractivity contribution is -0.251. The van der Waals surface area contributed by atoms with E-state index in [4.69, 9.17) is 14.2 Å². The molecule has 0 aliphatic rings. The first-order valence-electron chi connectivity index (χ1n) is 9.57. The minimum Gasteiger partial charge on any atom is -0.376 e. The second-order valence-corrected chi connectivity index (χ2v) is 8.44. The van der Waals surface area contributed by atoms with Crippen molar-refractivity contribution in [1.29, 1.82) is 0 Å². The van der Waals surface area contributed by atoms with E-state index in [-0.39, 0.29) is 17.5 Å². The highest BCUT2D eigenvalue weighted by Crippen LogP contribution is 2.18. The van der Waals surface area contributed by atoms with Crippen LogP contribution in [0.15, 0.2) is 0 Å². The van der Waals surface area contributed by atoms with Crippen molar-refractivity contribution in [3.05, 3.63) is 0 Å². The molecule has 0 aliphatic carbocycles. The molecule has 0 amide bonds. The van der Waals surface area contributed by atoms with Gasteiger partial charge in [0.1, 0.15) is 0 Å². The average molecular weight is 331 g/mol. The molecule has 0 aromatic heterocycles. The molecule has 0 heterocycles. The zero-order valence-corrected chi connectivity index (χ0v) is 16.9. The smallest absolute Gasteiger partial charge is 0.182 e. The molecule has 0 saturated heterocycles. The fraction of sp³-hybridized carbons (Fsp3) is 1.00. The topological polar surface area (TPSA) is 27.7 Å². The Morgan fingerprint density at radius 1 is 0.652 bits per heavy atom. The number of unbranched alkanes of at least 4 members (excludes halogenated alkanes) is 7. The molecule has 0 atom stereocenters. The monoisotopic (exact) mass is 330 g/mol. The Bertz CT molecular complexity index is 247. The number of hydrogen-bond acceptors (Lipinski definition) is 3. The van der Waals surface area contributed by atoms with Crippen LogP contribution in [0.25, 0.3) is 0 Å². The average Bonchev–Trinajstić information content (AvgIpc) is 2.37. The number of rotatable bonds is 13. The first-order chi connectivity index (χ1) is 10.6. The van der Waals surface area contributed by atoms with Gasteiger partial charge >= 0.3 is 0 Å². The second-order valence-electron chi connectivity index (χ2n) is 8.44. The lowest BCUT2D eigenvalue weighted by Gasteiger charge is -2.32. The third-order valence-corrected chi connectivity index (χ3v) is 3.37. The van der Waals surface area contributed by atoms with Gasteiger partial charge in [-0.1, -0.05) is 51.9 Å². The predicted molar refractivity (Wildman–Crippen MR) is 98.9 cm³/mol. The first-order valence-corrected chi connectivity index (χ1v) is 9.57. The SMILES string of the molecule is CCCCCCCCCCOCC(OC(C)(C)C)OC(C)(C)C. The van der Waals surface area contributed by atoms with Crippen molar-refractivity contribution in [1.82, 2.24) is 0 Å². The van der Waals surface area contributed by atoms with Gasteiger partial charge in [0, 0.05) is 6.61 Å². The molecule has 0 rings (SSSR count). The third-order valence-electron chi connectivity index (χ3n) is 3.37. The maximum absolute atomic E-state index is 5.95. The summed E-state index contributed by atoms with van der Waals surface area (Å²) in [6, 6.07) is 0. The van der Waals surface area contributed by atoms with Crippen molar-refractivity contribution in [2.24, 2.45) is 0 Å². The molecule has 140 valence electrons. The van der Waals surface area contributed by atoms with Gasteiger partial charge < -0.3 is 14.2 Å². The lowest BCUT2D eigenvalue weighted by atomic mass is 10.1. The van der Waals surface area contributed by atoms with E-state index in [9.17, 15) is 0 Å². The van der Waals surface area contributed by atoms with Gasteiger partial charge in [-0.25, -0.2) is 0 Å². The highest BCUT2D eigenvalue weighted by molar-refractivity contribution is 4.65. The molecular weight excluding hydrogens is 288 g/mol. The van der Waals surface area contributed by atoms with E-state index < -0.39 is 0 Å². The van der Waals surface area contributed by atoms with Crippen LogP contribution in [0.1, 0.15) is 99.8 Å². The number of ether oxygens (including phenoxy) is 3. The Labute approximate surface area is 145 Å².